The monoisotopic (exact) mass is 406 g/mol. The summed E-state index contributed by atoms with van der Waals surface area (Å²) in [6.07, 6.45) is 6.27. The van der Waals surface area contributed by atoms with Crippen molar-refractivity contribution in [2.75, 3.05) is 19.5 Å². The molecule has 8 heteroatoms. The molecular weight excluding hydrogens is 380 g/mol. The smallest absolute Gasteiger partial charge is 0.341 e. The number of aryl methyl sites for hydroxylation is 3. The highest BCUT2D eigenvalue weighted by Crippen LogP contribution is 2.38. The molecule has 0 aliphatic heterocycles. The van der Waals surface area contributed by atoms with Crippen LogP contribution in [0.15, 0.2) is 6.20 Å². The highest BCUT2D eigenvalue weighted by molar-refractivity contribution is 7.80. The molecule has 6 nitrogen and oxygen atoms in total. The van der Waals surface area contributed by atoms with Crippen LogP contribution in [0.3, 0.4) is 0 Å². The largest absolute Gasteiger partial charge is 0.465 e. The number of thiocarbonyl (C=S) groups is 1. The van der Waals surface area contributed by atoms with E-state index in [1.165, 1.54) is 18.4 Å². The number of carbonyl (C=O) groups excluding carboxylic acids is 1. The molecule has 0 spiro atoms. The maximum Gasteiger partial charge on any atom is 0.341 e. The maximum atomic E-state index is 12.4. The number of methoxy groups -OCH3 is 1. The fourth-order valence-electron chi connectivity index (χ4n) is 3.37. The van der Waals surface area contributed by atoms with E-state index >= 15 is 0 Å². The van der Waals surface area contributed by atoms with Gasteiger partial charge in [0.15, 0.2) is 5.11 Å². The van der Waals surface area contributed by atoms with Crippen LogP contribution in [0, 0.1) is 6.92 Å². The molecule has 0 atom stereocenters. The van der Waals surface area contributed by atoms with Gasteiger partial charge in [0.05, 0.1) is 18.4 Å². The summed E-state index contributed by atoms with van der Waals surface area (Å²) in [4.78, 5) is 15.6. The third kappa shape index (κ3) is 4.16. The van der Waals surface area contributed by atoms with Crippen molar-refractivity contribution in [3.63, 3.8) is 0 Å². The topological polar surface area (TPSA) is 59.4 Å². The van der Waals surface area contributed by atoms with E-state index in [9.17, 15) is 4.79 Å². The molecule has 1 N–H and O–H groups in total. The van der Waals surface area contributed by atoms with Gasteiger partial charge in [-0.3, -0.25) is 4.68 Å². The normalized spacial score (nSPS) is 13.2. The number of anilines is 1. The standard InChI is InChI=1S/C19H26N4O2S2/c1-5-23-11-13(12(2)21-23)10-22(3)19(26)20-17-16(18(24)25-4)14-8-6-7-9-15(14)27-17/h11H,5-10H2,1-4H3,(H,20,26). The number of nitrogens with one attached hydrogen (secondary N) is 1. The lowest BCUT2D eigenvalue weighted by molar-refractivity contribution is 0.0601. The number of hydrogen-bond acceptors (Lipinski definition) is 5. The van der Waals surface area contributed by atoms with Gasteiger partial charge in [0, 0.05) is 36.8 Å². The predicted molar refractivity (Wildman–Crippen MR) is 113 cm³/mol. The Balaban J connectivity index is 1.77. The summed E-state index contributed by atoms with van der Waals surface area (Å²) in [7, 11) is 3.38. The average molecular weight is 407 g/mol. The summed E-state index contributed by atoms with van der Waals surface area (Å²) < 4.78 is 6.96. The molecule has 0 radical (unpaired) electrons. The number of hydrogen-bond donors (Lipinski definition) is 1. The van der Waals surface area contributed by atoms with Crippen LogP contribution >= 0.6 is 23.6 Å². The van der Waals surface area contributed by atoms with E-state index in [2.05, 4.69) is 23.5 Å². The molecule has 2 aromatic heterocycles. The first-order valence-electron chi connectivity index (χ1n) is 9.22. The Hall–Kier alpha value is -1.93. The quantitative estimate of drug-likeness (QED) is 0.603. The minimum absolute atomic E-state index is 0.289. The molecule has 1 aliphatic carbocycles. The number of aromatic nitrogens is 2. The number of ether oxygens (including phenoxy) is 1. The minimum Gasteiger partial charge on any atom is -0.465 e. The second-order valence-corrected chi connectivity index (χ2v) is 8.28. The van der Waals surface area contributed by atoms with E-state index in [0.29, 0.717) is 17.2 Å². The van der Waals surface area contributed by atoms with Gasteiger partial charge in [0.25, 0.3) is 0 Å². The Labute approximate surface area is 169 Å². The number of carbonyl (C=O) groups is 1. The lowest BCUT2D eigenvalue weighted by Crippen LogP contribution is -2.31. The molecule has 0 aromatic carbocycles. The molecule has 2 heterocycles. The lowest BCUT2D eigenvalue weighted by atomic mass is 9.95. The van der Waals surface area contributed by atoms with Gasteiger partial charge in [-0.2, -0.15) is 5.10 Å². The van der Waals surface area contributed by atoms with Gasteiger partial charge in [-0.25, -0.2) is 4.79 Å². The summed E-state index contributed by atoms with van der Waals surface area (Å²) in [6, 6.07) is 0. The van der Waals surface area contributed by atoms with Gasteiger partial charge in [-0.1, -0.05) is 0 Å². The number of thiophene rings is 1. The van der Waals surface area contributed by atoms with E-state index < -0.39 is 0 Å². The minimum atomic E-state index is -0.289. The van der Waals surface area contributed by atoms with Crippen molar-refractivity contribution >= 4 is 39.6 Å². The van der Waals surface area contributed by atoms with Crippen LogP contribution in [0.25, 0.3) is 0 Å². The van der Waals surface area contributed by atoms with E-state index in [0.717, 1.165) is 47.6 Å². The highest BCUT2D eigenvalue weighted by Gasteiger charge is 2.26. The number of fused-ring (bicyclic) bond motifs is 1. The Morgan fingerprint density at radius 3 is 2.85 bits per heavy atom. The highest BCUT2D eigenvalue weighted by atomic mass is 32.1. The summed E-state index contributed by atoms with van der Waals surface area (Å²) >= 11 is 7.23. The molecule has 0 bridgehead atoms. The number of nitrogens with zero attached hydrogens (tertiary/aromatic N) is 3. The molecule has 0 saturated carbocycles. The zero-order chi connectivity index (χ0) is 19.6. The second-order valence-electron chi connectivity index (χ2n) is 6.79. The van der Waals surface area contributed by atoms with E-state index in [1.54, 1.807) is 11.3 Å². The van der Waals surface area contributed by atoms with Crippen molar-refractivity contribution in [3.05, 3.63) is 33.5 Å². The zero-order valence-corrected chi connectivity index (χ0v) is 17.9. The van der Waals surface area contributed by atoms with E-state index in [1.807, 2.05) is 23.6 Å². The van der Waals surface area contributed by atoms with Crippen LogP contribution in [0.4, 0.5) is 5.00 Å². The molecule has 1 aliphatic rings. The molecule has 146 valence electrons. The van der Waals surface area contributed by atoms with Crippen molar-refractivity contribution in [1.29, 1.82) is 0 Å². The van der Waals surface area contributed by atoms with Gasteiger partial charge in [-0.05, 0) is 57.3 Å². The first-order chi connectivity index (χ1) is 12.9. The predicted octanol–water partition coefficient (Wildman–Crippen LogP) is 3.77. The Morgan fingerprint density at radius 1 is 1.44 bits per heavy atom. The van der Waals surface area contributed by atoms with Crippen molar-refractivity contribution < 1.29 is 9.53 Å². The fourth-order valence-corrected chi connectivity index (χ4v) is 4.88. The lowest BCUT2D eigenvalue weighted by Gasteiger charge is -2.20. The van der Waals surface area contributed by atoms with Gasteiger partial charge in [0.1, 0.15) is 5.00 Å². The molecule has 3 rings (SSSR count). The van der Waals surface area contributed by atoms with E-state index in [-0.39, 0.29) is 5.97 Å². The van der Waals surface area contributed by atoms with Crippen LogP contribution in [0.1, 0.15) is 51.8 Å². The van der Waals surface area contributed by atoms with Gasteiger partial charge < -0.3 is 15.0 Å². The Bertz CT molecular complexity index is 856. The van der Waals surface area contributed by atoms with E-state index in [4.69, 9.17) is 17.0 Å². The Morgan fingerprint density at radius 2 is 2.19 bits per heavy atom. The SMILES string of the molecule is CCn1cc(CN(C)C(=S)Nc2sc3c(c2C(=O)OC)CCCC3)c(C)n1. The zero-order valence-electron chi connectivity index (χ0n) is 16.3. The van der Waals surface area contributed by atoms with Gasteiger partial charge in [0.2, 0.25) is 0 Å². The molecule has 27 heavy (non-hydrogen) atoms. The third-order valence-electron chi connectivity index (χ3n) is 4.91. The molecule has 0 unspecified atom stereocenters. The van der Waals surface area contributed by atoms with Crippen LogP contribution in [0.2, 0.25) is 0 Å². The molecule has 0 fully saturated rings. The fraction of sp³-hybridized carbons (Fsp3) is 0.526. The van der Waals surface area contributed by atoms with Crippen molar-refractivity contribution in [2.24, 2.45) is 0 Å². The van der Waals surface area contributed by atoms with Crippen molar-refractivity contribution in [3.8, 4) is 0 Å². The molecule has 0 saturated heterocycles. The summed E-state index contributed by atoms with van der Waals surface area (Å²) in [5, 5.41) is 9.16. The van der Waals surface area contributed by atoms with Crippen molar-refractivity contribution in [2.45, 2.75) is 52.6 Å². The number of esters is 1. The summed E-state index contributed by atoms with van der Waals surface area (Å²) in [5.41, 5.74) is 3.93. The Kier molecular flexibility index (Phi) is 6.16. The van der Waals surface area contributed by atoms with Gasteiger partial charge in [-0.15, -0.1) is 11.3 Å². The van der Waals surface area contributed by atoms with Crippen LogP contribution in [0.5, 0.6) is 0 Å². The number of rotatable bonds is 5. The summed E-state index contributed by atoms with van der Waals surface area (Å²) in [6.45, 7) is 5.58. The van der Waals surface area contributed by atoms with Crippen LogP contribution in [-0.2, 0) is 30.7 Å². The first-order valence-corrected chi connectivity index (χ1v) is 10.4. The second kappa shape index (κ2) is 8.39. The first kappa shape index (κ1) is 19.8. The average Bonchev–Trinajstić information content (AvgIpc) is 3.20. The molecule has 2 aromatic rings. The van der Waals surface area contributed by atoms with Gasteiger partial charge >= 0.3 is 5.97 Å². The van der Waals surface area contributed by atoms with Crippen LogP contribution < -0.4 is 5.32 Å². The third-order valence-corrected chi connectivity index (χ3v) is 6.53. The molecule has 0 amide bonds. The van der Waals surface area contributed by atoms with Crippen LogP contribution in [-0.4, -0.2) is 39.9 Å². The molecular formula is C19H26N4O2S2. The maximum absolute atomic E-state index is 12.4. The van der Waals surface area contributed by atoms with Crippen molar-refractivity contribution in [1.82, 2.24) is 14.7 Å². The summed E-state index contributed by atoms with van der Waals surface area (Å²) in [5.74, 6) is -0.289.